The highest BCUT2D eigenvalue weighted by atomic mass is 35.5. The van der Waals surface area contributed by atoms with Gasteiger partial charge in [-0.1, -0.05) is 48.4 Å². The van der Waals surface area contributed by atoms with Gasteiger partial charge >= 0.3 is 5.97 Å². The quantitative estimate of drug-likeness (QED) is 0.889. The molecule has 0 spiro atoms. The Bertz CT molecular complexity index is 610. The minimum Gasteiger partial charge on any atom is -0.476 e. The average molecular weight is 294 g/mol. The van der Waals surface area contributed by atoms with Crippen molar-refractivity contribution in [1.82, 2.24) is 15.0 Å². The number of hydrogen-bond acceptors (Lipinski definition) is 3. The summed E-state index contributed by atoms with van der Waals surface area (Å²) in [6.07, 6.45) is 2.35. The molecule has 106 valence electrons. The monoisotopic (exact) mass is 293 g/mol. The molecule has 0 atom stereocenters. The number of carboxylic acid groups (broad SMARTS) is 1. The van der Waals surface area contributed by atoms with Crippen LogP contribution in [0.2, 0.25) is 5.02 Å². The third-order valence-corrected chi connectivity index (χ3v) is 3.45. The highest BCUT2D eigenvalue weighted by molar-refractivity contribution is 6.31. The maximum atomic E-state index is 11.2. The minimum absolute atomic E-state index is 0.000947. The van der Waals surface area contributed by atoms with Crippen LogP contribution in [0.3, 0.4) is 0 Å². The van der Waals surface area contributed by atoms with Crippen LogP contribution < -0.4 is 0 Å². The topological polar surface area (TPSA) is 68.0 Å². The van der Waals surface area contributed by atoms with Gasteiger partial charge in [0.15, 0.2) is 5.69 Å². The Morgan fingerprint density at radius 3 is 2.80 bits per heavy atom. The van der Waals surface area contributed by atoms with Gasteiger partial charge in [0, 0.05) is 18.0 Å². The molecule has 0 bridgehead atoms. The Labute approximate surface area is 122 Å². The molecule has 2 rings (SSSR count). The summed E-state index contributed by atoms with van der Waals surface area (Å²) >= 11 is 6.13. The first kappa shape index (κ1) is 14.5. The number of unbranched alkanes of at least 4 members (excludes halogenated alkanes) is 1. The lowest BCUT2D eigenvalue weighted by Gasteiger charge is -2.08. The minimum atomic E-state index is -1.06. The van der Waals surface area contributed by atoms with Crippen LogP contribution in [0.15, 0.2) is 24.3 Å². The summed E-state index contributed by atoms with van der Waals surface area (Å²) in [5.74, 6) is -1.06. The fourth-order valence-corrected chi connectivity index (χ4v) is 2.19. The van der Waals surface area contributed by atoms with Crippen LogP contribution in [0, 0.1) is 0 Å². The molecule has 0 amide bonds. The van der Waals surface area contributed by atoms with E-state index in [9.17, 15) is 9.90 Å². The second-order valence-corrected chi connectivity index (χ2v) is 4.94. The smallest absolute Gasteiger partial charge is 0.358 e. The summed E-state index contributed by atoms with van der Waals surface area (Å²) in [5, 5.41) is 17.5. The molecular weight excluding hydrogens is 278 g/mol. The van der Waals surface area contributed by atoms with Crippen LogP contribution in [0.4, 0.5) is 0 Å². The molecule has 0 saturated heterocycles. The van der Waals surface area contributed by atoms with Gasteiger partial charge in [0.2, 0.25) is 0 Å². The fourth-order valence-electron chi connectivity index (χ4n) is 1.98. The van der Waals surface area contributed by atoms with Gasteiger partial charge in [-0.2, -0.15) is 0 Å². The third-order valence-electron chi connectivity index (χ3n) is 3.08. The van der Waals surface area contributed by atoms with E-state index in [0.29, 0.717) is 23.7 Å². The van der Waals surface area contributed by atoms with Gasteiger partial charge < -0.3 is 5.11 Å². The largest absolute Gasteiger partial charge is 0.476 e. The van der Waals surface area contributed by atoms with Crippen LogP contribution >= 0.6 is 11.6 Å². The Hall–Kier alpha value is -1.88. The normalized spacial score (nSPS) is 10.7. The van der Waals surface area contributed by atoms with E-state index in [-0.39, 0.29) is 5.69 Å². The summed E-state index contributed by atoms with van der Waals surface area (Å²) in [6, 6.07) is 7.39. The van der Waals surface area contributed by atoms with Crippen molar-refractivity contribution in [2.45, 2.75) is 32.7 Å². The second-order valence-electron chi connectivity index (χ2n) is 4.53. The lowest BCUT2D eigenvalue weighted by Crippen LogP contribution is -2.09. The summed E-state index contributed by atoms with van der Waals surface area (Å²) < 4.78 is 1.66. The van der Waals surface area contributed by atoms with Crippen molar-refractivity contribution in [3.8, 4) is 0 Å². The van der Waals surface area contributed by atoms with Crippen LogP contribution in [-0.4, -0.2) is 26.1 Å². The Balaban J connectivity index is 2.35. The number of carboxylic acids is 1. The number of carbonyl (C=O) groups is 1. The maximum absolute atomic E-state index is 11.2. The Kier molecular flexibility index (Phi) is 4.74. The molecule has 1 heterocycles. The molecular formula is C14H16ClN3O2. The first-order valence-corrected chi connectivity index (χ1v) is 6.90. The molecule has 1 N–H and O–H groups in total. The van der Waals surface area contributed by atoms with Crippen molar-refractivity contribution < 1.29 is 9.90 Å². The van der Waals surface area contributed by atoms with E-state index >= 15 is 0 Å². The van der Waals surface area contributed by atoms with E-state index < -0.39 is 5.97 Å². The average Bonchev–Trinajstić information content (AvgIpc) is 2.82. The molecule has 1 aromatic heterocycles. The number of hydrogen-bond donors (Lipinski definition) is 1. The van der Waals surface area contributed by atoms with Gasteiger partial charge in [0.1, 0.15) is 0 Å². The number of halogens is 1. The van der Waals surface area contributed by atoms with Crippen molar-refractivity contribution in [3.05, 3.63) is 46.2 Å². The molecule has 0 saturated carbocycles. The zero-order chi connectivity index (χ0) is 14.5. The Morgan fingerprint density at radius 1 is 1.40 bits per heavy atom. The zero-order valence-corrected chi connectivity index (χ0v) is 12.0. The second kappa shape index (κ2) is 6.52. The van der Waals surface area contributed by atoms with Crippen molar-refractivity contribution >= 4 is 17.6 Å². The first-order chi connectivity index (χ1) is 9.63. The summed E-state index contributed by atoms with van der Waals surface area (Å²) in [7, 11) is 0. The van der Waals surface area contributed by atoms with Crippen LogP contribution in [0.1, 0.15) is 41.5 Å². The molecule has 20 heavy (non-hydrogen) atoms. The van der Waals surface area contributed by atoms with Crippen LogP contribution in [0.5, 0.6) is 0 Å². The summed E-state index contributed by atoms with van der Waals surface area (Å²) in [6.45, 7) is 2.74. The van der Waals surface area contributed by atoms with E-state index in [4.69, 9.17) is 11.6 Å². The number of nitrogens with zero attached hydrogens (tertiary/aromatic N) is 3. The summed E-state index contributed by atoms with van der Waals surface area (Å²) in [4.78, 5) is 11.2. The Morgan fingerprint density at radius 2 is 2.15 bits per heavy atom. The van der Waals surface area contributed by atoms with E-state index in [1.165, 1.54) is 0 Å². The molecule has 0 aliphatic rings. The van der Waals surface area contributed by atoms with E-state index in [1.54, 1.807) is 10.7 Å². The van der Waals surface area contributed by atoms with Crippen LogP contribution in [-0.2, 0) is 13.0 Å². The lowest BCUT2D eigenvalue weighted by molar-refractivity contribution is 0.0689. The van der Waals surface area contributed by atoms with Gasteiger partial charge in [-0.15, -0.1) is 5.10 Å². The molecule has 2 aromatic rings. The standard InChI is InChI=1S/C14H16ClN3O2/c1-2-3-8-18-12(13(14(19)20)16-17-18)9-10-6-4-5-7-11(10)15/h4-7H,2-3,8-9H2,1H3,(H,19,20). The number of aromatic carboxylic acids is 1. The van der Waals surface area contributed by atoms with Gasteiger partial charge in [0.05, 0.1) is 5.69 Å². The summed E-state index contributed by atoms with van der Waals surface area (Å²) in [5.41, 5.74) is 1.47. The van der Waals surface area contributed by atoms with E-state index in [1.807, 2.05) is 18.2 Å². The molecule has 0 radical (unpaired) electrons. The number of aryl methyl sites for hydroxylation is 1. The van der Waals surface area contributed by atoms with Crippen molar-refractivity contribution in [3.63, 3.8) is 0 Å². The number of benzene rings is 1. The van der Waals surface area contributed by atoms with Gasteiger partial charge in [-0.3, -0.25) is 0 Å². The number of aromatic nitrogens is 3. The predicted octanol–water partition coefficient (Wildman–Crippen LogP) is 3.02. The van der Waals surface area contributed by atoms with Gasteiger partial charge in [-0.05, 0) is 18.1 Å². The van der Waals surface area contributed by atoms with E-state index in [2.05, 4.69) is 17.2 Å². The predicted molar refractivity (Wildman–Crippen MR) is 76.1 cm³/mol. The molecule has 6 heteroatoms. The van der Waals surface area contributed by atoms with Gasteiger partial charge in [-0.25, -0.2) is 9.48 Å². The maximum Gasteiger partial charge on any atom is 0.358 e. The first-order valence-electron chi connectivity index (χ1n) is 6.52. The van der Waals surface area contributed by atoms with E-state index in [0.717, 1.165) is 18.4 Å². The van der Waals surface area contributed by atoms with Crippen LogP contribution in [0.25, 0.3) is 0 Å². The molecule has 1 aromatic carbocycles. The van der Waals surface area contributed by atoms with Gasteiger partial charge in [0.25, 0.3) is 0 Å². The highest BCUT2D eigenvalue weighted by Crippen LogP contribution is 2.20. The molecule has 0 fully saturated rings. The van der Waals surface area contributed by atoms with Crippen molar-refractivity contribution in [1.29, 1.82) is 0 Å². The van der Waals surface area contributed by atoms with Crippen molar-refractivity contribution in [2.24, 2.45) is 0 Å². The molecule has 5 nitrogen and oxygen atoms in total. The SMILES string of the molecule is CCCCn1nnc(C(=O)O)c1Cc1ccccc1Cl. The molecule has 0 aliphatic carbocycles. The molecule has 0 unspecified atom stereocenters. The third kappa shape index (κ3) is 3.17. The molecule has 0 aliphatic heterocycles. The van der Waals surface area contributed by atoms with Crippen molar-refractivity contribution in [2.75, 3.05) is 0 Å². The number of rotatable bonds is 6. The fraction of sp³-hybridized carbons (Fsp3) is 0.357. The lowest BCUT2D eigenvalue weighted by atomic mass is 10.1. The zero-order valence-electron chi connectivity index (χ0n) is 11.2. The highest BCUT2D eigenvalue weighted by Gasteiger charge is 2.19.